The molecule has 2 aromatic heterocycles. The van der Waals surface area contributed by atoms with E-state index < -0.39 is 5.97 Å². The van der Waals surface area contributed by atoms with Crippen LogP contribution in [-0.2, 0) is 4.74 Å². The Labute approximate surface area is 142 Å². The number of nitrogens with one attached hydrogen (secondary N) is 1. The molecular formula is C17H12ClN3O3. The van der Waals surface area contributed by atoms with Gasteiger partial charge in [-0.3, -0.25) is 4.79 Å². The fourth-order valence-corrected chi connectivity index (χ4v) is 2.25. The Morgan fingerprint density at radius 2 is 1.62 bits per heavy atom. The monoisotopic (exact) mass is 341 g/mol. The van der Waals surface area contributed by atoms with E-state index >= 15 is 0 Å². The van der Waals surface area contributed by atoms with Crippen LogP contribution >= 0.6 is 11.6 Å². The van der Waals surface area contributed by atoms with Crippen LogP contribution in [0.5, 0.6) is 0 Å². The zero-order chi connectivity index (χ0) is 17.1. The van der Waals surface area contributed by atoms with E-state index in [2.05, 4.69) is 20.0 Å². The number of nitrogens with zero attached hydrogens (tertiary/aromatic N) is 2. The summed E-state index contributed by atoms with van der Waals surface area (Å²) in [6, 6.07) is 13.1. The van der Waals surface area contributed by atoms with Crippen molar-refractivity contribution in [3.8, 4) is 0 Å². The number of hydrogen-bond acceptors (Lipinski definition) is 5. The number of halogens is 1. The lowest BCUT2D eigenvalue weighted by molar-refractivity contribution is 0.0600. The molecule has 120 valence electrons. The Hall–Kier alpha value is -2.99. The Morgan fingerprint density at radius 1 is 0.958 bits per heavy atom. The van der Waals surface area contributed by atoms with Gasteiger partial charge >= 0.3 is 5.97 Å². The molecule has 0 saturated heterocycles. The normalized spacial score (nSPS) is 10.4. The van der Waals surface area contributed by atoms with Gasteiger partial charge in [0.15, 0.2) is 5.65 Å². The number of methoxy groups -OCH3 is 1. The number of esters is 1. The van der Waals surface area contributed by atoms with Crippen molar-refractivity contribution in [2.45, 2.75) is 0 Å². The van der Waals surface area contributed by atoms with E-state index in [0.717, 1.165) is 5.39 Å². The zero-order valence-corrected chi connectivity index (χ0v) is 13.4. The minimum absolute atomic E-state index is 0.330. The van der Waals surface area contributed by atoms with E-state index in [-0.39, 0.29) is 5.91 Å². The van der Waals surface area contributed by atoms with E-state index in [1.54, 1.807) is 24.3 Å². The summed E-state index contributed by atoms with van der Waals surface area (Å²) in [4.78, 5) is 32.0. The third-order valence-electron chi connectivity index (χ3n) is 3.33. The molecule has 0 saturated carbocycles. The van der Waals surface area contributed by atoms with E-state index in [9.17, 15) is 9.59 Å². The van der Waals surface area contributed by atoms with Crippen molar-refractivity contribution in [3.63, 3.8) is 0 Å². The molecule has 7 heteroatoms. The maximum Gasteiger partial charge on any atom is 0.337 e. The molecule has 3 rings (SSSR count). The van der Waals surface area contributed by atoms with Gasteiger partial charge in [0.25, 0.3) is 5.91 Å². The van der Waals surface area contributed by atoms with Gasteiger partial charge in [-0.2, -0.15) is 0 Å². The standard InChI is InChI=1S/C17H12ClN3O3/c1-24-17(23)12-4-2-11(3-5-12)16(22)21-14-9-7-10-6-8-13(18)19-15(10)20-14/h2-9H,1H3,(H,19,20,21,22). The van der Waals surface area contributed by atoms with Gasteiger partial charge in [0.2, 0.25) is 0 Å². The van der Waals surface area contributed by atoms with Gasteiger partial charge in [-0.05, 0) is 48.5 Å². The Morgan fingerprint density at radius 3 is 2.33 bits per heavy atom. The number of pyridine rings is 2. The fourth-order valence-electron chi connectivity index (χ4n) is 2.11. The minimum Gasteiger partial charge on any atom is -0.465 e. The molecule has 0 aliphatic heterocycles. The molecule has 1 amide bonds. The molecular weight excluding hydrogens is 330 g/mol. The van der Waals surface area contributed by atoms with Crippen molar-refractivity contribution in [1.82, 2.24) is 9.97 Å². The van der Waals surface area contributed by atoms with Gasteiger partial charge in [-0.15, -0.1) is 0 Å². The van der Waals surface area contributed by atoms with Crippen LogP contribution in [0.1, 0.15) is 20.7 Å². The van der Waals surface area contributed by atoms with E-state index in [1.165, 1.54) is 31.4 Å². The average Bonchev–Trinajstić information content (AvgIpc) is 2.60. The molecule has 6 nitrogen and oxygen atoms in total. The first kappa shape index (κ1) is 15.9. The van der Waals surface area contributed by atoms with Crippen LogP contribution in [0.2, 0.25) is 5.15 Å². The van der Waals surface area contributed by atoms with Crippen molar-refractivity contribution in [2.24, 2.45) is 0 Å². The van der Waals surface area contributed by atoms with Crippen LogP contribution in [0.3, 0.4) is 0 Å². The van der Waals surface area contributed by atoms with Crippen molar-refractivity contribution < 1.29 is 14.3 Å². The molecule has 1 N–H and O–H groups in total. The Balaban J connectivity index is 1.80. The summed E-state index contributed by atoms with van der Waals surface area (Å²) in [7, 11) is 1.30. The summed E-state index contributed by atoms with van der Waals surface area (Å²) in [5, 5.41) is 3.83. The van der Waals surface area contributed by atoms with E-state index in [1.807, 2.05) is 0 Å². The number of carbonyl (C=O) groups is 2. The molecule has 3 aromatic rings. The summed E-state index contributed by atoms with van der Waals surface area (Å²) in [5.74, 6) is -0.444. The molecule has 24 heavy (non-hydrogen) atoms. The highest BCUT2D eigenvalue weighted by atomic mass is 35.5. The number of rotatable bonds is 3. The van der Waals surface area contributed by atoms with Gasteiger partial charge in [-0.1, -0.05) is 11.6 Å². The second kappa shape index (κ2) is 6.64. The second-order valence-electron chi connectivity index (χ2n) is 4.90. The van der Waals surface area contributed by atoms with Crippen molar-refractivity contribution >= 4 is 40.3 Å². The third-order valence-corrected chi connectivity index (χ3v) is 3.54. The minimum atomic E-state index is -0.457. The number of ether oxygens (including phenoxy) is 1. The van der Waals surface area contributed by atoms with Crippen molar-refractivity contribution in [2.75, 3.05) is 12.4 Å². The molecule has 0 spiro atoms. The van der Waals surface area contributed by atoms with Crippen LogP contribution in [0.4, 0.5) is 5.82 Å². The van der Waals surface area contributed by atoms with Crippen LogP contribution in [-0.4, -0.2) is 29.0 Å². The van der Waals surface area contributed by atoms with Crippen LogP contribution in [0.15, 0.2) is 48.5 Å². The second-order valence-corrected chi connectivity index (χ2v) is 5.29. The summed E-state index contributed by atoms with van der Waals surface area (Å²) < 4.78 is 4.62. The highest BCUT2D eigenvalue weighted by Crippen LogP contribution is 2.17. The van der Waals surface area contributed by atoms with Gasteiger partial charge in [0, 0.05) is 10.9 Å². The number of anilines is 1. The topological polar surface area (TPSA) is 81.2 Å². The smallest absolute Gasteiger partial charge is 0.337 e. The van der Waals surface area contributed by atoms with E-state index in [0.29, 0.717) is 27.7 Å². The predicted octanol–water partition coefficient (Wildman–Crippen LogP) is 3.32. The molecule has 0 atom stereocenters. The van der Waals surface area contributed by atoms with Gasteiger partial charge in [0.05, 0.1) is 12.7 Å². The number of carbonyl (C=O) groups excluding carboxylic acids is 2. The lowest BCUT2D eigenvalue weighted by Crippen LogP contribution is -2.13. The number of aromatic nitrogens is 2. The zero-order valence-electron chi connectivity index (χ0n) is 12.6. The third kappa shape index (κ3) is 3.33. The molecule has 0 unspecified atom stereocenters. The highest BCUT2D eigenvalue weighted by molar-refractivity contribution is 6.29. The summed E-state index contributed by atoms with van der Waals surface area (Å²) in [6.07, 6.45) is 0. The maximum atomic E-state index is 12.3. The highest BCUT2D eigenvalue weighted by Gasteiger charge is 2.10. The first-order valence-electron chi connectivity index (χ1n) is 7.00. The fraction of sp³-hybridized carbons (Fsp3) is 0.0588. The number of fused-ring (bicyclic) bond motifs is 1. The first-order valence-corrected chi connectivity index (χ1v) is 7.37. The summed E-state index contributed by atoms with van der Waals surface area (Å²) >= 11 is 5.85. The molecule has 0 aliphatic rings. The van der Waals surface area contributed by atoms with Gasteiger partial charge in [-0.25, -0.2) is 14.8 Å². The Bertz CT molecular complexity index is 926. The van der Waals surface area contributed by atoms with Gasteiger partial charge in [0.1, 0.15) is 11.0 Å². The lowest BCUT2D eigenvalue weighted by Gasteiger charge is -2.06. The van der Waals surface area contributed by atoms with Crippen LogP contribution < -0.4 is 5.32 Å². The Kier molecular flexibility index (Phi) is 4.39. The number of amides is 1. The quantitative estimate of drug-likeness (QED) is 0.583. The average molecular weight is 342 g/mol. The molecule has 1 aromatic carbocycles. The number of hydrogen-bond donors (Lipinski definition) is 1. The molecule has 2 heterocycles. The van der Waals surface area contributed by atoms with Gasteiger partial charge < -0.3 is 10.1 Å². The SMILES string of the molecule is COC(=O)c1ccc(C(=O)Nc2ccc3ccc(Cl)nc3n2)cc1. The molecule has 0 fully saturated rings. The molecule has 0 bridgehead atoms. The van der Waals surface area contributed by atoms with Crippen molar-refractivity contribution in [1.29, 1.82) is 0 Å². The van der Waals surface area contributed by atoms with Crippen LogP contribution in [0, 0.1) is 0 Å². The largest absolute Gasteiger partial charge is 0.465 e. The first-order chi connectivity index (χ1) is 11.6. The van der Waals surface area contributed by atoms with E-state index in [4.69, 9.17) is 11.6 Å². The van der Waals surface area contributed by atoms with Crippen molar-refractivity contribution in [3.05, 3.63) is 64.8 Å². The lowest BCUT2D eigenvalue weighted by atomic mass is 10.1. The number of benzene rings is 1. The molecule has 0 aliphatic carbocycles. The maximum absolute atomic E-state index is 12.3. The summed E-state index contributed by atoms with van der Waals surface area (Å²) in [6.45, 7) is 0. The predicted molar refractivity (Wildman–Crippen MR) is 90.3 cm³/mol. The van der Waals surface area contributed by atoms with Crippen LogP contribution in [0.25, 0.3) is 11.0 Å². The summed E-state index contributed by atoms with van der Waals surface area (Å²) in [5.41, 5.74) is 1.21. The molecule has 0 radical (unpaired) electrons.